The summed E-state index contributed by atoms with van der Waals surface area (Å²) in [5, 5.41) is 17.4. The molecule has 1 amide bonds. The lowest BCUT2D eigenvalue weighted by atomic mass is 10.0. The van der Waals surface area contributed by atoms with E-state index < -0.39 is 24.5 Å². The first-order chi connectivity index (χ1) is 14.6. The number of carbonyl (C=O) groups is 1. The summed E-state index contributed by atoms with van der Waals surface area (Å²) in [6, 6.07) is 4.80. The molecule has 0 unspecified atom stereocenters. The summed E-state index contributed by atoms with van der Waals surface area (Å²) in [7, 11) is 0. The van der Waals surface area contributed by atoms with Gasteiger partial charge >= 0.3 is 0 Å². The number of fused-ring (bicyclic) bond motifs is 1. The van der Waals surface area contributed by atoms with Gasteiger partial charge in [0.15, 0.2) is 5.88 Å². The molecule has 3 rings (SSSR count). The van der Waals surface area contributed by atoms with Gasteiger partial charge in [-0.1, -0.05) is 6.92 Å². The standard InChI is InChI=1S/C21H24F3N5O2/c1-4-15(27-13-8-26-29(9-13)10-17(22)23)18-14-7-12(5-6-16(14)28-20(18)31)19(30)25-11-21(2,3)24/h5-9,17,28,31H,4,10-11H2,1-3H3,(H,25,30). The van der Waals surface area contributed by atoms with Gasteiger partial charge in [-0.15, -0.1) is 0 Å². The summed E-state index contributed by atoms with van der Waals surface area (Å²) in [5.74, 6) is -0.569. The maximum Gasteiger partial charge on any atom is 0.257 e. The van der Waals surface area contributed by atoms with Crippen LogP contribution in [0.3, 0.4) is 0 Å². The highest BCUT2D eigenvalue weighted by molar-refractivity contribution is 6.14. The monoisotopic (exact) mass is 435 g/mol. The molecule has 1 aromatic carbocycles. The first kappa shape index (κ1) is 22.4. The first-order valence-electron chi connectivity index (χ1n) is 9.77. The maximum atomic E-state index is 13.7. The minimum absolute atomic E-state index is 0.127. The molecule has 0 saturated carbocycles. The quantitative estimate of drug-likeness (QED) is 0.459. The summed E-state index contributed by atoms with van der Waals surface area (Å²) in [4.78, 5) is 19.7. The molecule has 166 valence electrons. The number of aromatic nitrogens is 3. The van der Waals surface area contributed by atoms with Crippen molar-refractivity contribution in [3.05, 3.63) is 41.7 Å². The van der Waals surface area contributed by atoms with Gasteiger partial charge < -0.3 is 15.4 Å². The largest absolute Gasteiger partial charge is 0.494 e. The number of carbonyl (C=O) groups excluding carboxylic acids is 1. The maximum absolute atomic E-state index is 13.7. The lowest BCUT2D eigenvalue weighted by Gasteiger charge is -2.14. The molecule has 0 radical (unpaired) electrons. The second kappa shape index (κ2) is 8.83. The SMILES string of the molecule is CCC(=Nc1cnn(CC(F)F)c1)c1c(O)[nH]c2ccc(C(=O)NCC(C)(C)F)cc12. The Morgan fingerprint density at radius 1 is 1.39 bits per heavy atom. The number of alkyl halides is 3. The Kier molecular flexibility index (Phi) is 6.37. The van der Waals surface area contributed by atoms with Crippen molar-refractivity contribution in [2.45, 2.75) is 45.8 Å². The van der Waals surface area contributed by atoms with Gasteiger partial charge in [0.05, 0.1) is 30.2 Å². The Hall–Kier alpha value is -3.30. The lowest BCUT2D eigenvalue weighted by Crippen LogP contribution is -2.35. The number of aromatic hydroxyl groups is 1. The average Bonchev–Trinajstić information content (AvgIpc) is 3.25. The molecule has 0 aliphatic carbocycles. The number of benzene rings is 1. The van der Waals surface area contributed by atoms with Crippen molar-refractivity contribution >= 4 is 28.2 Å². The molecular formula is C21H24F3N5O2. The molecule has 0 aliphatic rings. The number of hydrogen-bond donors (Lipinski definition) is 3. The number of halogens is 3. The number of amides is 1. The molecule has 2 aromatic heterocycles. The van der Waals surface area contributed by atoms with Gasteiger partial charge in [-0.2, -0.15) is 5.10 Å². The Labute approximate surface area is 177 Å². The van der Waals surface area contributed by atoms with E-state index in [9.17, 15) is 23.1 Å². The van der Waals surface area contributed by atoms with E-state index in [0.29, 0.717) is 39.8 Å². The van der Waals surface area contributed by atoms with Gasteiger partial charge in [0, 0.05) is 16.5 Å². The van der Waals surface area contributed by atoms with Crippen LogP contribution in [0, 0.1) is 0 Å². The van der Waals surface area contributed by atoms with E-state index in [1.54, 1.807) is 18.2 Å². The van der Waals surface area contributed by atoms with Crippen LogP contribution in [0.5, 0.6) is 5.88 Å². The molecule has 0 saturated heterocycles. The van der Waals surface area contributed by atoms with Crippen molar-refractivity contribution in [2.24, 2.45) is 4.99 Å². The topological polar surface area (TPSA) is 95.3 Å². The molecule has 0 aliphatic heterocycles. The third-order valence-electron chi connectivity index (χ3n) is 4.54. The Morgan fingerprint density at radius 3 is 2.77 bits per heavy atom. The van der Waals surface area contributed by atoms with E-state index in [-0.39, 0.29) is 12.4 Å². The number of rotatable bonds is 8. The normalized spacial score (nSPS) is 12.7. The van der Waals surface area contributed by atoms with Crippen LogP contribution in [0.2, 0.25) is 0 Å². The Morgan fingerprint density at radius 2 is 2.13 bits per heavy atom. The molecule has 3 aromatic rings. The van der Waals surface area contributed by atoms with Crippen LogP contribution in [0.4, 0.5) is 18.9 Å². The molecule has 0 bridgehead atoms. The summed E-state index contributed by atoms with van der Waals surface area (Å²) in [5.41, 5.74) is 0.600. The zero-order valence-electron chi connectivity index (χ0n) is 17.4. The van der Waals surface area contributed by atoms with Crippen LogP contribution < -0.4 is 5.32 Å². The van der Waals surface area contributed by atoms with E-state index in [2.05, 4.69) is 20.4 Å². The van der Waals surface area contributed by atoms with Crippen molar-refractivity contribution in [3.63, 3.8) is 0 Å². The fourth-order valence-electron chi connectivity index (χ4n) is 3.12. The van der Waals surface area contributed by atoms with Gasteiger partial charge in [-0.3, -0.25) is 9.48 Å². The molecule has 10 heteroatoms. The van der Waals surface area contributed by atoms with Crippen molar-refractivity contribution in [2.75, 3.05) is 6.54 Å². The van der Waals surface area contributed by atoms with Crippen LogP contribution in [0.15, 0.2) is 35.6 Å². The summed E-state index contributed by atoms with van der Waals surface area (Å²) in [6.07, 6.45) is 0.646. The van der Waals surface area contributed by atoms with E-state index in [4.69, 9.17) is 0 Å². The van der Waals surface area contributed by atoms with E-state index in [1.165, 1.54) is 26.2 Å². The van der Waals surface area contributed by atoms with Crippen LogP contribution in [-0.2, 0) is 6.54 Å². The highest BCUT2D eigenvalue weighted by Crippen LogP contribution is 2.31. The summed E-state index contributed by atoms with van der Waals surface area (Å²) < 4.78 is 39.9. The van der Waals surface area contributed by atoms with Gasteiger partial charge in [0.2, 0.25) is 0 Å². The molecule has 31 heavy (non-hydrogen) atoms. The van der Waals surface area contributed by atoms with E-state index in [0.717, 1.165) is 4.68 Å². The summed E-state index contributed by atoms with van der Waals surface area (Å²) in [6.45, 7) is 3.89. The number of hydrogen-bond acceptors (Lipinski definition) is 4. The second-order valence-electron chi connectivity index (χ2n) is 7.73. The molecular weight excluding hydrogens is 411 g/mol. The molecule has 0 fully saturated rings. The third kappa shape index (κ3) is 5.44. The first-order valence-corrected chi connectivity index (χ1v) is 9.77. The molecule has 2 heterocycles. The Bertz CT molecular complexity index is 1110. The number of H-pyrrole nitrogens is 1. The smallest absolute Gasteiger partial charge is 0.257 e. The van der Waals surface area contributed by atoms with Gasteiger partial charge in [0.25, 0.3) is 12.3 Å². The minimum atomic E-state index is -2.53. The number of aromatic amines is 1. The zero-order valence-corrected chi connectivity index (χ0v) is 17.4. The van der Waals surface area contributed by atoms with Crippen molar-refractivity contribution < 1.29 is 23.1 Å². The molecule has 3 N–H and O–H groups in total. The predicted octanol–water partition coefficient (Wildman–Crippen LogP) is 4.34. The van der Waals surface area contributed by atoms with Gasteiger partial charge in [-0.25, -0.2) is 18.2 Å². The van der Waals surface area contributed by atoms with Crippen LogP contribution in [0.1, 0.15) is 43.1 Å². The van der Waals surface area contributed by atoms with Crippen LogP contribution in [0.25, 0.3) is 10.9 Å². The van der Waals surface area contributed by atoms with Gasteiger partial charge in [0.1, 0.15) is 17.9 Å². The highest BCUT2D eigenvalue weighted by Gasteiger charge is 2.20. The molecule has 7 nitrogen and oxygen atoms in total. The second-order valence-corrected chi connectivity index (χ2v) is 7.73. The third-order valence-corrected chi connectivity index (χ3v) is 4.54. The molecule has 0 atom stereocenters. The fourth-order valence-corrected chi connectivity index (χ4v) is 3.12. The average molecular weight is 435 g/mol. The number of nitrogens with one attached hydrogen (secondary N) is 2. The predicted molar refractivity (Wildman–Crippen MR) is 112 cm³/mol. The van der Waals surface area contributed by atoms with Crippen molar-refractivity contribution in [1.29, 1.82) is 0 Å². The number of aliphatic imine (C=N–C) groups is 1. The van der Waals surface area contributed by atoms with Gasteiger partial charge in [-0.05, 0) is 38.5 Å². The fraction of sp³-hybridized carbons (Fsp3) is 0.381. The van der Waals surface area contributed by atoms with Crippen LogP contribution in [-0.4, -0.2) is 50.1 Å². The van der Waals surface area contributed by atoms with E-state index in [1.807, 2.05) is 6.92 Å². The van der Waals surface area contributed by atoms with Crippen molar-refractivity contribution in [1.82, 2.24) is 20.1 Å². The number of nitrogens with zero attached hydrogens (tertiary/aromatic N) is 3. The van der Waals surface area contributed by atoms with Crippen LogP contribution >= 0.6 is 0 Å². The minimum Gasteiger partial charge on any atom is -0.494 e. The zero-order chi connectivity index (χ0) is 22.8. The highest BCUT2D eigenvalue weighted by atomic mass is 19.3. The summed E-state index contributed by atoms with van der Waals surface area (Å²) >= 11 is 0. The van der Waals surface area contributed by atoms with Crippen molar-refractivity contribution in [3.8, 4) is 5.88 Å². The lowest BCUT2D eigenvalue weighted by molar-refractivity contribution is 0.0920. The van der Waals surface area contributed by atoms with E-state index >= 15 is 0 Å². The Balaban J connectivity index is 1.96. The molecule has 0 spiro atoms.